The van der Waals surface area contributed by atoms with Crippen LogP contribution in [0.15, 0.2) is 47.6 Å². The molecule has 0 radical (unpaired) electrons. The summed E-state index contributed by atoms with van der Waals surface area (Å²) in [6.45, 7) is 1.65. The Morgan fingerprint density at radius 3 is 2.41 bits per heavy atom. The lowest BCUT2D eigenvalue weighted by Gasteiger charge is -2.11. The van der Waals surface area contributed by atoms with Gasteiger partial charge >= 0.3 is 0 Å². The van der Waals surface area contributed by atoms with Gasteiger partial charge in [-0.2, -0.15) is 5.10 Å². The molecule has 0 bridgehead atoms. The molecule has 142 valence electrons. The second-order valence-electron chi connectivity index (χ2n) is 5.59. The minimum Gasteiger partial charge on any atom is -0.497 e. The highest BCUT2D eigenvalue weighted by molar-refractivity contribution is 6.30. The fraction of sp³-hybridized carbons (Fsp3) is 0.211. The minimum atomic E-state index is -0.386. The molecule has 0 heterocycles. The molecule has 0 fully saturated rings. The summed E-state index contributed by atoms with van der Waals surface area (Å²) in [6, 6.07) is 11.5. The fourth-order valence-electron chi connectivity index (χ4n) is 2.18. The average molecular weight is 390 g/mol. The molecule has 2 rings (SSSR count). The van der Waals surface area contributed by atoms with Gasteiger partial charge in [0.1, 0.15) is 11.5 Å². The lowest BCUT2D eigenvalue weighted by atomic mass is 10.2. The Balaban J connectivity index is 1.94. The Morgan fingerprint density at radius 2 is 1.78 bits per heavy atom. The van der Waals surface area contributed by atoms with Crippen molar-refractivity contribution in [3.63, 3.8) is 0 Å². The summed E-state index contributed by atoms with van der Waals surface area (Å²) in [7, 11) is 3.05. The Labute approximate surface area is 162 Å². The summed E-state index contributed by atoms with van der Waals surface area (Å²) in [4.78, 5) is 24.2. The molecule has 0 aliphatic rings. The van der Waals surface area contributed by atoms with Gasteiger partial charge in [-0.15, -0.1) is 0 Å². The highest BCUT2D eigenvalue weighted by Gasteiger charge is 2.11. The van der Waals surface area contributed by atoms with Crippen molar-refractivity contribution in [2.45, 2.75) is 13.3 Å². The third-order valence-corrected chi connectivity index (χ3v) is 3.81. The van der Waals surface area contributed by atoms with E-state index in [0.717, 1.165) is 0 Å². The van der Waals surface area contributed by atoms with Crippen molar-refractivity contribution in [3.8, 4) is 11.5 Å². The third-order valence-electron chi connectivity index (χ3n) is 3.55. The first-order valence-electron chi connectivity index (χ1n) is 8.04. The summed E-state index contributed by atoms with van der Waals surface area (Å²) in [5.74, 6) is 0.421. The Kier molecular flexibility index (Phi) is 7.19. The zero-order chi connectivity index (χ0) is 19.8. The van der Waals surface area contributed by atoms with Crippen LogP contribution >= 0.6 is 11.6 Å². The number of halogens is 1. The Bertz CT molecular complexity index is 851. The number of nitrogens with zero attached hydrogens (tertiary/aromatic N) is 1. The van der Waals surface area contributed by atoms with Gasteiger partial charge < -0.3 is 14.8 Å². The first-order chi connectivity index (χ1) is 12.9. The Morgan fingerprint density at radius 1 is 1.07 bits per heavy atom. The number of hydrogen-bond acceptors (Lipinski definition) is 5. The van der Waals surface area contributed by atoms with E-state index in [-0.39, 0.29) is 18.2 Å². The summed E-state index contributed by atoms with van der Waals surface area (Å²) in [6.07, 6.45) is 0.0100. The van der Waals surface area contributed by atoms with E-state index in [9.17, 15) is 9.59 Å². The lowest BCUT2D eigenvalue weighted by Crippen LogP contribution is -2.21. The molecule has 2 N–H and O–H groups in total. The molecule has 27 heavy (non-hydrogen) atoms. The molecular formula is C19H20ClN3O4. The SMILES string of the molecule is COc1ccc(NC(=O)CC(C)=NNC(=O)c2ccc(Cl)cc2)c(OC)c1. The number of ether oxygens (including phenoxy) is 2. The number of carbonyl (C=O) groups is 2. The molecule has 0 spiro atoms. The van der Waals surface area contributed by atoms with Crippen molar-refractivity contribution in [2.24, 2.45) is 5.10 Å². The number of amides is 2. The van der Waals surface area contributed by atoms with Crippen molar-refractivity contribution in [3.05, 3.63) is 53.1 Å². The van der Waals surface area contributed by atoms with Gasteiger partial charge in [0, 0.05) is 22.4 Å². The van der Waals surface area contributed by atoms with Gasteiger partial charge in [0.2, 0.25) is 5.91 Å². The molecule has 7 nitrogen and oxygen atoms in total. The van der Waals surface area contributed by atoms with Gasteiger partial charge in [-0.05, 0) is 43.3 Å². The van der Waals surface area contributed by atoms with Crippen LogP contribution in [0.25, 0.3) is 0 Å². The maximum atomic E-state index is 12.2. The molecule has 0 atom stereocenters. The number of rotatable bonds is 7. The van der Waals surface area contributed by atoms with Gasteiger partial charge in [-0.1, -0.05) is 11.6 Å². The fourth-order valence-corrected chi connectivity index (χ4v) is 2.31. The predicted octanol–water partition coefficient (Wildman–Crippen LogP) is 3.49. The van der Waals surface area contributed by atoms with Gasteiger partial charge in [-0.3, -0.25) is 9.59 Å². The highest BCUT2D eigenvalue weighted by Crippen LogP contribution is 2.29. The smallest absolute Gasteiger partial charge is 0.271 e. The Hall–Kier alpha value is -3.06. The minimum absolute atomic E-state index is 0.0100. The molecule has 0 saturated carbocycles. The predicted molar refractivity (Wildman–Crippen MR) is 105 cm³/mol. The topological polar surface area (TPSA) is 89.0 Å². The van der Waals surface area contributed by atoms with Gasteiger partial charge in [0.15, 0.2) is 0 Å². The highest BCUT2D eigenvalue weighted by atomic mass is 35.5. The maximum absolute atomic E-state index is 12.2. The maximum Gasteiger partial charge on any atom is 0.271 e. The lowest BCUT2D eigenvalue weighted by molar-refractivity contribution is -0.115. The molecular weight excluding hydrogens is 370 g/mol. The van der Waals surface area contributed by atoms with Crippen LogP contribution in [0.4, 0.5) is 5.69 Å². The van der Waals surface area contributed by atoms with Gasteiger partial charge in [0.05, 0.1) is 26.3 Å². The summed E-state index contributed by atoms with van der Waals surface area (Å²) in [5.41, 5.74) is 3.79. The van der Waals surface area contributed by atoms with E-state index in [1.54, 1.807) is 56.5 Å². The standard InChI is InChI=1S/C19H20ClN3O4/c1-12(22-23-19(25)13-4-6-14(20)7-5-13)10-18(24)21-16-9-8-15(26-2)11-17(16)27-3/h4-9,11H,10H2,1-3H3,(H,21,24)(H,23,25). The first-order valence-corrected chi connectivity index (χ1v) is 8.41. The summed E-state index contributed by atoms with van der Waals surface area (Å²) < 4.78 is 10.4. The van der Waals surface area contributed by atoms with Crippen molar-refractivity contribution < 1.29 is 19.1 Å². The van der Waals surface area contributed by atoms with Gasteiger partial charge in [0.25, 0.3) is 5.91 Å². The second kappa shape index (κ2) is 9.59. The normalized spacial score (nSPS) is 10.9. The third kappa shape index (κ3) is 6.00. The summed E-state index contributed by atoms with van der Waals surface area (Å²) >= 11 is 5.79. The summed E-state index contributed by atoms with van der Waals surface area (Å²) in [5, 5.41) is 7.23. The number of methoxy groups -OCH3 is 2. The largest absolute Gasteiger partial charge is 0.497 e. The van der Waals surface area contributed by atoms with E-state index in [1.807, 2.05) is 0 Å². The van der Waals surface area contributed by atoms with Crippen LogP contribution in [0.2, 0.25) is 5.02 Å². The molecule has 2 aromatic rings. The monoisotopic (exact) mass is 389 g/mol. The first kappa shape index (κ1) is 20.3. The molecule has 2 amide bonds. The molecule has 8 heteroatoms. The van der Waals surface area contributed by atoms with Crippen LogP contribution in [0.1, 0.15) is 23.7 Å². The van der Waals surface area contributed by atoms with E-state index in [0.29, 0.717) is 33.5 Å². The zero-order valence-corrected chi connectivity index (χ0v) is 16.0. The molecule has 0 aliphatic heterocycles. The van der Waals surface area contributed by atoms with E-state index in [2.05, 4.69) is 15.8 Å². The molecule has 0 saturated heterocycles. The quantitative estimate of drug-likeness (QED) is 0.560. The number of anilines is 1. The van der Waals surface area contributed by atoms with E-state index >= 15 is 0 Å². The van der Waals surface area contributed by atoms with E-state index < -0.39 is 0 Å². The zero-order valence-electron chi connectivity index (χ0n) is 15.2. The molecule has 0 unspecified atom stereocenters. The van der Waals surface area contributed by atoms with Crippen molar-refractivity contribution in [1.29, 1.82) is 0 Å². The van der Waals surface area contributed by atoms with E-state index in [4.69, 9.17) is 21.1 Å². The van der Waals surface area contributed by atoms with Crippen LogP contribution in [-0.2, 0) is 4.79 Å². The van der Waals surface area contributed by atoms with Crippen LogP contribution in [0.5, 0.6) is 11.5 Å². The van der Waals surface area contributed by atoms with Crippen LogP contribution in [0.3, 0.4) is 0 Å². The molecule has 2 aromatic carbocycles. The van der Waals surface area contributed by atoms with Crippen molar-refractivity contribution in [2.75, 3.05) is 19.5 Å². The van der Waals surface area contributed by atoms with Crippen molar-refractivity contribution in [1.82, 2.24) is 5.43 Å². The second-order valence-corrected chi connectivity index (χ2v) is 6.02. The molecule has 0 aliphatic carbocycles. The van der Waals surface area contributed by atoms with Crippen LogP contribution in [0, 0.1) is 0 Å². The van der Waals surface area contributed by atoms with E-state index in [1.165, 1.54) is 7.11 Å². The number of hydrogen-bond donors (Lipinski definition) is 2. The number of nitrogens with one attached hydrogen (secondary N) is 2. The number of benzene rings is 2. The van der Waals surface area contributed by atoms with Crippen LogP contribution in [-0.4, -0.2) is 31.7 Å². The average Bonchev–Trinajstić information content (AvgIpc) is 2.66. The number of hydrazone groups is 1. The van der Waals surface area contributed by atoms with Crippen LogP contribution < -0.4 is 20.2 Å². The number of carbonyl (C=O) groups excluding carboxylic acids is 2. The van der Waals surface area contributed by atoms with Gasteiger partial charge in [-0.25, -0.2) is 5.43 Å². The molecule has 0 aromatic heterocycles. The van der Waals surface area contributed by atoms with Crippen molar-refractivity contribution >= 4 is 34.8 Å².